The highest BCUT2D eigenvalue weighted by atomic mass is 32.1. The van der Waals surface area contributed by atoms with Crippen molar-refractivity contribution in [2.75, 3.05) is 13.7 Å². The van der Waals surface area contributed by atoms with E-state index in [2.05, 4.69) is 16.0 Å². The molecule has 2 aromatic heterocycles. The SMILES string of the molecule is COC(=O)[C@H](CNC(=O)c1cccs1)NC(=O)c1sc(C(=O)NC(C)c2cccc(O)c2)cc1C. The number of aromatic hydroxyl groups is 1. The predicted octanol–water partition coefficient (Wildman–Crippen LogP) is 3.02. The van der Waals surface area contributed by atoms with Gasteiger partial charge in [0.15, 0.2) is 0 Å². The molecule has 11 heteroatoms. The number of amides is 3. The molecular weight excluding hydrogens is 490 g/mol. The van der Waals surface area contributed by atoms with Crippen LogP contribution < -0.4 is 16.0 Å². The maximum absolute atomic E-state index is 12.9. The first kappa shape index (κ1) is 25.9. The van der Waals surface area contributed by atoms with E-state index in [1.54, 1.807) is 61.7 Å². The molecule has 0 saturated carbocycles. The zero-order valence-electron chi connectivity index (χ0n) is 19.3. The lowest BCUT2D eigenvalue weighted by Crippen LogP contribution is -2.48. The Kier molecular flexibility index (Phi) is 8.61. The third-order valence-corrected chi connectivity index (χ3v) is 7.17. The van der Waals surface area contributed by atoms with Crippen LogP contribution in [0.5, 0.6) is 5.75 Å². The van der Waals surface area contributed by atoms with E-state index >= 15 is 0 Å². The van der Waals surface area contributed by atoms with E-state index in [4.69, 9.17) is 4.74 Å². The summed E-state index contributed by atoms with van der Waals surface area (Å²) < 4.78 is 4.76. The van der Waals surface area contributed by atoms with Gasteiger partial charge in [-0.05, 0) is 54.6 Å². The van der Waals surface area contributed by atoms with Gasteiger partial charge < -0.3 is 25.8 Å². The second-order valence-electron chi connectivity index (χ2n) is 7.65. The monoisotopic (exact) mass is 515 g/mol. The zero-order chi connectivity index (χ0) is 25.5. The molecule has 9 nitrogen and oxygen atoms in total. The summed E-state index contributed by atoms with van der Waals surface area (Å²) >= 11 is 2.24. The highest BCUT2D eigenvalue weighted by Crippen LogP contribution is 2.24. The fraction of sp³-hybridized carbons (Fsp3) is 0.250. The summed E-state index contributed by atoms with van der Waals surface area (Å²) in [6.07, 6.45) is 0. The molecule has 0 radical (unpaired) electrons. The summed E-state index contributed by atoms with van der Waals surface area (Å²) in [6.45, 7) is 3.31. The first-order chi connectivity index (χ1) is 16.7. The molecule has 184 valence electrons. The number of carbonyl (C=O) groups excluding carboxylic acids is 4. The third-order valence-electron chi connectivity index (χ3n) is 5.07. The van der Waals surface area contributed by atoms with Crippen LogP contribution in [0.1, 0.15) is 53.1 Å². The standard InChI is InChI=1S/C24H25N3O6S2/c1-13-10-19(22(30)26-14(2)15-6-4-7-16(28)11-15)35-20(13)23(31)27-17(24(32)33-3)12-25-21(29)18-8-5-9-34-18/h4-11,14,17,28H,12H2,1-3H3,(H,25,29)(H,26,30)(H,27,31)/t14?,17-/m0/s1. The van der Waals surface area contributed by atoms with Gasteiger partial charge in [0.1, 0.15) is 11.8 Å². The molecule has 0 aliphatic rings. The number of ether oxygens (including phenoxy) is 1. The van der Waals surface area contributed by atoms with Gasteiger partial charge in [0.2, 0.25) is 0 Å². The van der Waals surface area contributed by atoms with Crippen molar-refractivity contribution in [2.45, 2.75) is 25.9 Å². The van der Waals surface area contributed by atoms with Crippen molar-refractivity contribution < 1.29 is 29.0 Å². The lowest BCUT2D eigenvalue weighted by molar-refractivity contribution is -0.142. The van der Waals surface area contributed by atoms with E-state index in [1.165, 1.54) is 18.4 Å². The van der Waals surface area contributed by atoms with Crippen LogP contribution in [0.25, 0.3) is 0 Å². The topological polar surface area (TPSA) is 134 Å². The van der Waals surface area contributed by atoms with E-state index in [0.717, 1.165) is 16.9 Å². The van der Waals surface area contributed by atoms with Crippen molar-refractivity contribution in [3.05, 3.63) is 73.6 Å². The van der Waals surface area contributed by atoms with Gasteiger partial charge >= 0.3 is 5.97 Å². The van der Waals surface area contributed by atoms with Gasteiger partial charge in [-0.1, -0.05) is 18.2 Å². The number of rotatable bonds is 9. The number of esters is 1. The molecule has 3 rings (SSSR count). The quantitative estimate of drug-likeness (QED) is 0.324. The van der Waals surface area contributed by atoms with Crippen molar-refractivity contribution in [2.24, 2.45) is 0 Å². The number of aryl methyl sites for hydroxylation is 1. The normalized spacial score (nSPS) is 12.3. The number of carbonyl (C=O) groups is 4. The Morgan fingerprint density at radius 2 is 1.77 bits per heavy atom. The van der Waals surface area contributed by atoms with Crippen molar-refractivity contribution in [1.29, 1.82) is 0 Å². The molecule has 0 saturated heterocycles. The summed E-state index contributed by atoms with van der Waals surface area (Å²) in [5, 5.41) is 19.4. The minimum absolute atomic E-state index is 0.0984. The molecule has 0 fully saturated rings. The van der Waals surface area contributed by atoms with Gasteiger partial charge in [0.25, 0.3) is 17.7 Å². The first-order valence-electron chi connectivity index (χ1n) is 10.6. The molecule has 35 heavy (non-hydrogen) atoms. The van der Waals surface area contributed by atoms with E-state index in [-0.39, 0.29) is 35.0 Å². The molecule has 4 N–H and O–H groups in total. The largest absolute Gasteiger partial charge is 0.508 e. The van der Waals surface area contributed by atoms with Gasteiger partial charge in [-0.3, -0.25) is 14.4 Å². The Labute approximate surface area is 210 Å². The highest BCUT2D eigenvalue weighted by Gasteiger charge is 2.26. The summed E-state index contributed by atoms with van der Waals surface area (Å²) in [5.41, 5.74) is 1.30. The third kappa shape index (κ3) is 6.67. The Morgan fingerprint density at radius 3 is 2.43 bits per heavy atom. The number of phenols is 1. The van der Waals surface area contributed by atoms with Crippen LogP contribution in [-0.4, -0.2) is 48.5 Å². The molecule has 3 amide bonds. The van der Waals surface area contributed by atoms with Gasteiger partial charge in [0, 0.05) is 6.54 Å². The van der Waals surface area contributed by atoms with Gasteiger partial charge in [0.05, 0.1) is 27.8 Å². The maximum Gasteiger partial charge on any atom is 0.330 e. The average Bonchev–Trinajstić information content (AvgIpc) is 3.51. The second kappa shape index (κ2) is 11.6. The van der Waals surface area contributed by atoms with Gasteiger partial charge in [-0.15, -0.1) is 22.7 Å². The smallest absolute Gasteiger partial charge is 0.330 e. The molecule has 3 aromatic rings. The second-order valence-corrected chi connectivity index (χ2v) is 9.65. The molecule has 1 unspecified atom stereocenters. The van der Waals surface area contributed by atoms with Crippen LogP contribution >= 0.6 is 22.7 Å². The summed E-state index contributed by atoms with van der Waals surface area (Å²) in [4.78, 5) is 51.1. The Bertz CT molecular complexity index is 1220. The van der Waals surface area contributed by atoms with Crippen LogP contribution in [0.4, 0.5) is 0 Å². The van der Waals surface area contributed by atoms with Crippen molar-refractivity contribution in [1.82, 2.24) is 16.0 Å². The highest BCUT2D eigenvalue weighted by molar-refractivity contribution is 7.16. The number of thiophene rings is 2. The molecule has 0 bridgehead atoms. The minimum atomic E-state index is -1.11. The average molecular weight is 516 g/mol. The summed E-state index contributed by atoms with van der Waals surface area (Å²) in [7, 11) is 1.19. The molecule has 2 atom stereocenters. The van der Waals surface area contributed by atoms with Crippen molar-refractivity contribution in [3.8, 4) is 5.75 Å². The number of phenolic OH excluding ortho intramolecular Hbond substituents is 1. The van der Waals surface area contributed by atoms with E-state index in [0.29, 0.717) is 15.3 Å². The van der Waals surface area contributed by atoms with Gasteiger partial charge in [-0.2, -0.15) is 0 Å². The van der Waals surface area contributed by atoms with Gasteiger partial charge in [-0.25, -0.2) is 4.79 Å². The van der Waals surface area contributed by atoms with Crippen LogP contribution in [0.15, 0.2) is 47.8 Å². The lowest BCUT2D eigenvalue weighted by Gasteiger charge is -2.17. The Morgan fingerprint density at radius 1 is 1.00 bits per heavy atom. The first-order valence-corrected chi connectivity index (χ1v) is 12.3. The number of benzene rings is 1. The fourth-order valence-electron chi connectivity index (χ4n) is 3.21. The van der Waals surface area contributed by atoms with Crippen molar-refractivity contribution >= 4 is 46.4 Å². The fourth-order valence-corrected chi connectivity index (χ4v) is 4.83. The summed E-state index contributed by atoms with van der Waals surface area (Å²) in [6, 6.07) is 10.1. The number of hydrogen-bond acceptors (Lipinski definition) is 8. The van der Waals surface area contributed by atoms with Crippen molar-refractivity contribution in [3.63, 3.8) is 0 Å². The Hall–Kier alpha value is -3.70. The van der Waals surface area contributed by atoms with Crippen LogP contribution in [0.2, 0.25) is 0 Å². The predicted molar refractivity (Wildman–Crippen MR) is 133 cm³/mol. The molecule has 0 aliphatic carbocycles. The maximum atomic E-state index is 12.9. The summed E-state index contributed by atoms with van der Waals surface area (Å²) in [5.74, 6) is -1.91. The van der Waals surface area contributed by atoms with E-state index in [9.17, 15) is 24.3 Å². The molecule has 2 heterocycles. The van der Waals surface area contributed by atoms with Crippen LogP contribution in [0, 0.1) is 6.92 Å². The molecule has 0 aliphatic heterocycles. The Balaban J connectivity index is 1.66. The minimum Gasteiger partial charge on any atom is -0.508 e. The lowest BCUT2D eigenvalue weighted by atomic mass is 10.1. The number of nitrogens with one attached hydrogen (secondary N) is 3. The zero-order valence-corrected chi connectivity index (χ0v) is 20.9. The molecule has 1 aromatic carbocycles. The van der Waals surface area contributed by atoms with E-state index < -0.39 is 17.9 Å². The number of hydrogen-bond donors (Lipinski definition) is 4. The number of methoxy groups -OCH3 is 1. The van der Waals surface area contributed by atoms with E-state index in [1.807, 2.05) is 0 Å². The van der Waals surface area contributed by atoms with Crippen LogP contribution in [0.3, 0.4) is 0 Å². The molecule has 0 spiro atoms. The molecular formula is C24H25N3O6S2. The van der Waals surface area contributed by atoms with Crippen LogP contribution in [-0.2, 0) is 9.53 Å².